The number of amides is 2. The molecular formula is C34H33F5N4O4S3. The average Bonchev–Trinajstić information content (AvgIpc) is 3.06. The largest absolute Gasteiger partial charge is 0.416 e. The second-order valence-corrected chi connectivity index (χ2v) is 16.0. The van der Waals surface area contributed by atoms with Gasteiger partial charge in [-0.2, -0.15) is 13.2 Å². The van der Waals surface area contributed by atoms with Crippen molar-refractivity contribution >= 4 is 50.9 Å². The molecule has 0 saturated heterocycles. The number of hydrogen-bond acceptors (Lipinski definition) is 8. The third-order valence-corrected chi connectivity index (χ3v) is 12.4. The summed E-state index contributed by atoms with van der Waals surface area (Å²) < 4.78 is 96.6. The Balaban J connectivity index is 1.40. The molecule has 2 amide bonds. The highest BCUT2D eigenvalue weighted by Crippen LogP contribution is 2.39. The second kappa shape index (κ2) is 14.9. The molecule has 1 heterocycles. The molecule has 3 aromatic carbocycles. The van der Waals surface area contributed by atoms with E-state index in [-0.39, 0.29) is 44.4 Å². The Morgan fingerprint density at radius 1 is 0.840 bits per heavy atom. The van der Waals surface area contributed by atoms with Gasteiger partial charge in [-0.15, -0.1) is 23.5 Å². The molecule has 6 N–H and O–H groups in total. The number of allylic oxidation sites excluding steroid dienone is 2. The number of rotatable bonds is 11. The van der Waals surface area contributed by atoms with Crippen LogP contribution in [0, 0.1) is 5.92 Å². The predicted octanol–water partition coefficient (Wildman–Crippen LogP) is 6.37. The van der Waals surface area contributed by atoms with E-state index in [1.54, 1.807) is 18.2 Å². The van der Waals surface area contributed by atoms with Crippen LogP contribution in [0.15, 0.2) is 93.2 Å². The standard InChI is InChI=1S/C34H33F5N4O4S3/c1-33(35,36)21-4-8-27(48-12-10-40)25(15-21)31(44)42-23-6-2-19-14-20-3-7-24(18-30(20)50(46,47)29(19)17-23)43-32(45)26-16-22(34(37,38)39)5-9-28(26)49-13-11-41/h2-9,15-19,29H,10-14,40-41H2,1H3,(H,42,44)(H,43,45). The van der Waals surface area contributed by atoms with Crippen LogP contribution in [-0.2, 0) is 28.4 Å². The summed E-state index contributed by atoms with van der Waals surface area (Å²) in [5, 5.41) is 4.08. The second-order valence-electron chi connectivity index (χ2n) is 11.7. The fourth-order valence-electron chi connectivity index (χ4n) is 5.60. The molecule has 1 aliphatic heterocycles. The van der Waals surface area contributed by atoms with Crippen LogP contribution >= 0.6 is 23.5 Å². The first-order valence-electron chi connectivity index (χ1n) is 15.3. The highest BCUT2D eigenvalue weighted by atomic mass is 32.2. The van der Waals surface area contributed by atoms with Crippen LogP contribution in [0.5, 0.6) is 0 Å². The monoisotopic (exact) mass is 752 g/mol. The van der Waals surface area contributed by atoms with E-state index in [4.69, 9.17) is 11.5 Å². The maximum atomic E-state index is 14.1. The minimum absolute atomic E-state index is 0.0125. The molecule has 0 spiro atoms. The number of nitrogens with one attached hydrogen (secondary N) is 2. The number of carbonyl (C=O) groups is 2. The summed E-state index contributed by atoms with van der Waals surface area (Å²) in [4.78, 5) is 27.3. The van der Waals surface area contributed by atoms with Gasteiger partial charge in [0.25, 0.3) is 17.7 Å². The molecule has 0 aromatic heterocycles. The molecule has 3 aromatic rings. The Labute approximate surface area is 294 Å². The number of carbonyl (C=O) groups excluding carboxylic acids is 2. The van der Waals surface area contributed by atoms with Crippen molar-refractivity contribution in [2.45, 2.75) is 45.4 Å². The lowest BCUT2D eigenvalue weighted by Gasteiger charge is -2.32. The van der Waals surface area contributed by atoms with Gasteiger partial charge in [0.15, 0.2) is 9.84 Å². The molecular weight excluding hydrogens is 720 g/mol. The van der Waals surface area contributed by atoms with Crippen LogP contribution in [0.2, 0.25) is 0 Å². The number of benzene rings is 3. The molecule has 0 fully saturated rings. The number of alkyl halides is 5. The van der Waals surface area contributed by atoms with E-state index in [0.717, 1.165) is 36.9 Å². The van der Waals surface area contributed by atoms with Gasteiger partial charge in [-0.1, -0.05) is 18.2 Å². The first kappa shape index (κ1) is 37.6. The number of sulfone groups is 1. The lowest BCUT2D eigenvalue weighted by molar-refractivity contribution is -0.137. The normalized spacial score (nSPS) is 18.1. The van der Waals surface area contributed by atoms with E-state index in [1.807, 2.05) is 0 Å². The first-order chi connectivity index (χ1) is 23.5. The van der Waals surface area contributed by atoms with Crippen LogP contribution in [0.3, 0.4) is 0 Å². The topological polar surface area (TPSA) is 144 Å². The van der Waals surface area contributed by atoms with E-state index >= 15 is 0 Å². The van der Waals surface area contributed by atoms with Crippen LogP contribution in [0.1, 0.15) is 44.3 Å². The summed E-state index contributed by atoms with van der Waals surface area (Å²) in [5.41, 5.74) is 10.2. The van der Waals surface area contributed by atoms with Crippen molar-refractivity contribution in [3.05, 3.63) is 106 Å². The number of fused-ring (bicyclic) bond motifs is 2. The molecule has 1 aliphatic carbocycles. The maximum absolute atomic E-state index is 14.1. The van der Waals surface area contributed by atoms with Gasteiger partial charge >= 0.3 is 6.18 Å². The Hall–Kier alpha value is -3.70. The zero-order valence-corrected chi connectivity index (χ0v) is 29.0. The molecule has 0 bridgehead atoms. The summed E-state index contributed by atoms with van der Waals surface area (Å²) in [7, 11) is -4.11. The number of nitrogens with two attached hydrogens (primary N) is 2. The van der Waals surface area contributed by atoms with Gasteiger partial charge in [-0.3, -0.25) is 9.59 Å². The summed E-state index contributed by atoms with van der Waals surface area (Å²) in [6.45, 7) is 1.24. The third kappa shape index (κ3) is 8.26. The molecule has 0 radical (unpaired) electrons. The molecule has 8 nitrogen and oxygen atoms in total. The minimum atomic E-state index is -4.69. The van der Waals surface area contributed by atoms with Gasteiger partial charge in [0.2, 0.25) is 0 Å². The summed E-state index contributed by atoms with van der Waals surface area (Å²) in [6, 6.07) is 10.9. The van der Waals surface area contributed by atoms with Crippen LogP contribution in [0.4, 0.5) is 27.6 Å². The number of halogens is 5. The Kier molecular flexibility index (Phi) is 11.2. The van der Waals surface area contributed by atoms with Crippen molar-refractivity contribution in [1.29, 1.82) is 0 Å². The molecule has 0 saturated carbocycles. The fraction of sp³-hybridized carbons (Fsp3) is 0.294. The van der Waals surface area contributed by atoms with Gasteiger partial charge in [-0.05, 0) is 66.6 Å². The van der Waals surface area contributed by atoms with Crippen LogP contribution < -0.4 is 22.1 Å². The van der Waals surface area contributed by atoms with Gasteiger partial charge in [0.05, 0.1) is 26.8 Å². The fourth-order valence-corrected chi connectivity index (χ4v) is 9.29. The average molecular weight is 753 g/mol. The van der Waals surface area contributed by atoms with Crippen molar-refractivity contribution in [3.8, 4) is 0 Å². The van der Waals surface area contributed by atoms with Gasteiger partial charge in [-0.25, -0.2) is 17.2 Å². The Morgan fingerprint density at radius 3 is 2.00 bits per heavy atom. The highest BCUT2D eigenvalue weighted by molar-refractivity contribution is 7.99. The van der Waals surface area contributed by atoms with Crippen molar-refractivity contribution in [2.24, 2.45) is 17.4 Å². The quantitative estimate of drug-likeness (QED) is 0.131. The van der Waals surface area contributed by atoms with Crippen LogP contribution in [0.25, 0.3) is 0 Å². The SMILES string of the molecule is CC(F)(F)c1ccc(SCCN)c(C(=O)NC2=CC3C(C=C2)Cc2ccc(NC(=O)c4cc(C(F)(F)F)ccc4SCCN)cc2S3(=O)=O)c1. The molecule has 266 valence electrons. The van der Waals surface area contributed by atoms with Gasteiger partial charge < -0.3 is 22.1 Å². The van der Waals surface area contributed by atoms with Gasteiger partial charge in [0, 0.05) is 64.2 Å². The Bertz CT molecular complexity index is 1980. The summed E-state index contributed by atoms with van der Waals surface area (Å²) in [5.74, 6) is -4.47. The lowest BCUT2D eigenvalue weighted by atomic mass is 9.91. The molecule has 16 heteroatoms. The van der Waals surface area contributed by atoms with E-state index in [2.05, 4.69) is 10.6 Å². The highest BCUT2D eigenvalue weighted by Gasteiger charge is 2.40. The summed E-state index contributed by atoms with van der Waals surface area (Å²) in [6.07, 6.45) is 0.228. The van der Waals surface area contributed by atoms with Gasteiger partial charge in [0.1, 0.15) is 0 Å². The van der Waals surface area contributed by atoms with E-state index in [1.165, 1.54) is 48.2 Å². The van der Waals surface area contributed by atoms with E-state index in [0.29, 0.717) is 34.9 Å². The van der Waals surface area contributed by atoms with Crippen molar-refractivity contribution in [3.63, 3.8) is 0 Å². The zero-order chi connectivity index (χ0) is 36.4. The molecule has 50 heavy (non-hydrogen) atoms. The molecule has 5 rings (SSSR count). The van der Waals surface area contributed by atoms with Crippen molar-refractivity contribution < 1.29 is 40.0 Å². The van der Waals surface area contributed by atoms with E-state index < -0.39 is 50.5 Å². The summed E-state index contributed by atoms with van der Waals surface area (Å²) >= 11 is 2.34. The zero-order valence-electron chi connectivity index (χ0n) is 26.5. The molecule has 2 aliphatic rings. The van der Waals surface area contributed by atoms with Crippen LogP contribution in [-0.4, -0.2) is 50.1 Å². The first-order valence-corrected chi connectivity index (χ1v) is 18.8. The lowest BCUT2D eigenvalue weighted by Crippen LogP contribution is -2.37. The molecule has 2 atom stereocenters. The third-order valence-electron chi connectivity index (χ3n) is 8.03. The number of thioether (sulfide) groups is 2. The van der Waals surface area contributed by atoms with E-state index in [9.17, 15) is 40.0 Å². The molecule has 2 unspecified atom stereocenters. The number of anilines is 1. The predicted molar refractivity (Wildman–Crippen MR) is 184 cm³/mol. The van der Waals surface area contributed by atoms with Crippen molar-refractivity contribution in [1.82, 2.24) is 5.32 Å². The number of hydrogen-bond donors (Lipinski definition) is 4. The van der Waals surface area contributed by atoms with Crippen molar-refractivity contribution in [2.75, 3.05) is 29.9 Å². The smallest absolute Gasteiger partial charge is 0.330 e. The maximum Gasteiger partial charge on any atom is 0.416 e. The minimum Gasteiger partial charge on any atom is -0.330 e. The Morgan fingerprint density at radius 2 is 1.42 bits per heavy atom.